The van der Waals surface area contributed by atoms with Crippen molar-refractivity contribution in [3.05, 3.63) is 23.2 Å². The minimum atomic E-state index is -3.12. The van der Waals surface area contributed by atoms with Crippen LogP contribution >= 0.6 is 11.6 Å². The lowest BCUT2D eigenvalue weighted by Gasteiger charge is -2.30. The molecule has 1 aliphatic heterocycles. The van der Waals surface area contributed by atoms with Gasteiger partial charge in [-0.3, -0.25) is 0 Å². The molecule has 1 fully saturated rings. The molecular weight excluding hydrogens is 300 g/mol. The molecule has 1 heterocycles. The van der Waals surface area contributed by atoms with Crippen LogP contribution < -0.4 is 10.5 Å². The fourth-order valence-electron chi connectivity index (χ4n) is 2.30. The molecule has 7 heteroatoms. The Morgan fingerprint density at radius 1 is 1.50 bits per heavy atom. The van der Waals surface area contributed by atoms with E-state index in [4.69, 9.17) is 22.1 Å². The topological polar surface area (TPSA) is 72.6 Å². The zero-order chi connectivity index (χ0) is 14.8. The number of benzene rings is 1. The summed E-state index contributed by atoms with van der Waals surface area (Å²) in [6.07, 6.45) is 3.04. The number of hydrogen-bond acceptors (Lipinski definition) is 4. The average molecular weight is 319 g/mol. The number of nitrogens with two attached hydrogens (primary N) is 1. The zero-order valence-corrected chi connectivity index (χ0v) is 13.0. The van der Waals surface area contributed by atoms with Gasteiger partial charge in [0.2, 0.25) is 10.0 Å². The molecule has 5 nitrogen and oxygen atoms in total. The Kier molecular flexibility index (Phi) is 4.78. The van der Waals surface area contributed by atoms with Gasteiger partial charge in [0.25, 0.3) is 0 Å². The van der Waals surface area contributed by atoms with Gasteiger partial charge < -0.3 is 10.5 Å². The monoisotopic (exact) mass is 318 g/mol. The summed E-state index contributed by atoms with van der Waals surface area (Å²) in [5.41, 5.74) is 6.28. The Balaban J connectivity index is 1.95. The van der Waals surface area contributed by atoms with Crippen LogP contribution in [-0.2, 0) is 10.0 Å². The third-order valence-corrected chi connectivity index (χ3v) is 4.96. The first-order valence-corrected chi connectivity index (χ1v) is 8.72. The Bertz CT molecular complexity index is 577. The van der Waals surface area contributed by atoms with E-state index in [0.717, 1.165) is 12.8 Å². The molecule has 0 aromatic heterocycles. The maximum atomic E-state index is 11.6. The van der Waals surface area contributed by atoms with Crippen LogP contribution in [0.5, 0.6) is 5.75 Å². The second kappa shape index (κ2) is 6.20. The van der Waals surface area contributed by atoms with Crippen molar-refractivity contribution in [3.8, 4) is 5.75 Å². The van der Waals surface area contributed by atoms with Crippen molar-refractivity contribution in [2.24, 2.45) is 5.92 Å². The molecule has 112 valence electrons. The summed E-state index contributed by atoms with van der Waals surface area (Å²) in [5.74, 6) is 0.721. The molecule has 1 aromatic rings. The molecule has 1 aliphatic rings. The van der Waals surface area contributed by atoms with Crippen molar-refractivity contribution in [1.29, 1.82) is 0 Å². The van der Waals surface area contributed by atoms with E-state index in [1.807, 2.05) is 0 Å². The summed E-state index contributed by atoms with van der Waals surface area (Å²) >= 11 is 6.03. The standard InChI is InChI=1S/C13H19ClN2O3S/c1-20(17,18)16-6-2-3-10(8-16)9-19-13-7-11(15)4-5-12(13)14/h4-5,7,10H,2-3,6,8-9,15H2,1H3. The molecule has 20 heavy (non-hydrogen) atoms. The van der Waals surface area contributed by atoms with Crippen LogP contribution in [0.25, 0.3) is 0 Å². The normalized spacial score (nSPS) is 20.8. The number of nitrogen functional groups attached to an aromatic ring is 1. The molecule has 1 atom stereocenters. The highest BCUT2D eigenvalue weighted by Crippen LogP contribution is 2.28. The smallest absolute Gasteiger partial charge is 0.211 e. The molecule has 1 unspecified atom stereocenters. The van der Waals surface area contributed by atoms with Crippen molar-refractivity contribution in [1.82, 2.24) is 4.31 Å². The van der Waals surface area contributed by atoms with Gasteiger partial charge >= 0.3 is 0 Å². The number of halogens is 1. The molecule has 1 aromatic carbocycles. The Morgan fingerprint density at radius 2 is 2.25 bits per heavy atom. The number of anilines is 1. The van der Waals surface area contributed by atoms with Crippen molar-refractivity contribution in [2.75, 3.05) is 31.7 Å². The predicted molar refractivity (Wildman–Crippen MR) is 80.5 cm³/mol. The molecule has 0 amide bonds. The number of nitrogens with zero attached hydrogens (tertiary/aromatic N) is 1. The van der Waals surface area contributed by atoms with Crippen LogP contribution in [0.3, 0.4) is 0 Å². The lowest BCUT2D eigenvalue weighted by molar-refractivity contribution is 0.181. The van der Waals surface area contributed by atoms with E-state index < -0.39 is 10.0 Å². The van der Waals surface area contributed by atoms with E-state index in [1.54, 1.807) is 18.2 Å². The van der Waals surface area contributed by atoms with E-state index in [9.17, 15) is 8.42 Å². The van der Waals surface area contributed by atoms with Crippen LogP contribution in [0.1, 0.15) is 12.8 Å². The Hall–Kier alpha value is -0.980. The molecule has 0 saturated carbocycles. The Morgan fingerprint density at radius 3 is 2.95 bits per heavy atom. The van der Waals surface area contributed by atoms with Crippen molar-refractivity contribution < 1.29 is 13.2 Å². The van der Waals surface area contributed by atoms with E-state index in [2.05, 4.69) is 0 Å². The summed E-state index contributed by atoms with van der Waals surface area (Å²) in [5, 5.41) is 0.509. The molecular formula is C13H19ClN2O3S. The largest absolute Gasteiger partial charge is 0.492 e. The van der Waals surface area contributed by atoms with E-state index in [1.165, 1.54) is 10.6 Å². The van der Waals surface area contributed by atoms with Crippen LogP contribution in [0.4, 0.5) is 5.69 Å². The Labute approximate surface area is 124 Å². The van der Waals surface area contributed by atoms with Gasteiger partial charge in [0.05, 0.1) is 17.9 Å². The number of hydrogen-bond donors (Lipinski definition) is 1. The number of ether oxygens (including phenoxy) is 1. The quantitative estimate of drug-likeness (QED) is 0.861. The first-order valence-electron chi connectivity index (χ1n) is 6.49. The summed E-state index contributed by atoms with van der Waals surface area (Å²) in [6.45, 7) is 1.53. The van der Waals surface area contributed by atoms with Gasteiger partial charge in [-0.25, -0.2) is 12.7 Å². The predicted octanol–water partition coefficient (Wildman–Crippen LogP) is 1.97. The van der Waals surface area contributed by atoms with Crippen LogP contribution in [-0.4, -0.2) is 38.7 Å². The summed E-state index contributed by atoms with van der Waals surface area (Å²) in [4.78, 5) is 0. The van der Waals surface area contributed by atoms with Crippen molar-refractivity contribution in [3.63, 3.8) is 0 Å². The first-order chi connectivity index (χ1) is 9.36. The number of piperidine rings is 1. The van der Waals surface area contributed by atoms with Gasteiger partial charge in [-0.15, -0.1) is 0 Å². The lowest BCUT2D eigenvalue weighted by Crippen LogP contribution is -2.40. The van der Waals surface area contributed by atoms with E-state index in [-0.39, 0.29) is 5.92 Å². The second-order valence-corrected chi connectivity index (χ2v) is 7.52. The number of sulfonamides is 1. The minimum Gasteiger partial charge on any atom is -0.492 e. The maximum Gasteiger partial charge on any atom is 0.211 e. The second-order valence-electron chi connectivity index (χ2n) is 5.13. The van der Waals surface area contributed by atoms with Crippen LogP contribution in [0.15, 0.2) is 18.2 Å². The number of rotatable bonds is 4. The SMILES string of the molecule is CS(=O)(=O)N1CCCC(COc2cc(N)ccc2Cl)C1. The minimum absolute atomic E-state index is 0.177. The first kappa shape index (κ1) is 15.4. The third-order valence-electron chi connectivity index (χ3n) is 3.38. The third kappa shape index (κ3) is 4.01. The summed E-state index contributed by atoms with van der Waals surface area (Å²) in [7, 11) is -3.12. The average Bonchev–Trinajstić information content (AvgIpc) is 2.39. The van der Waals surface area contributed by atoms with Crippen molar-refractivity contribution in [2.45, 2.75) is 12.8 Å². The van der Waals surface area contributed by atoms with Gasteiger partial charge in [-0.2, -0.15) is 0 Å². The maximum absolute atomic E-state index is 11.6. The lowest BCUT2D eigenvalue weighted by atomic mass is 10.0. The zero-order valence-electron chi connectivity index (χ0n) is 11.4. The van der Waals surface area contributed by atoms with Gasteiger partial charge in [0, 0.05) is 30.8 Å². The highest BCUT2D eigenvalue weighted by molar-refractivity contribution is 7.88. The molecule has 0 spiro atoms. The van der Waals surface area contributed by atoms with Gasteiger partial charge in [0.1, 0.15) is 5.75 Å². The molecule has 0 bridgehead atoms. The summed E-state index contributed by atoms with van der Waals surface area (Å²) in [6, 6.07) is 5.08. The van der Waals surface area contributed by atoms with Crippen LogP contribution in [0, 0.1) is 5.92 Å². The highest BCUT2D eigenvalue weighted by Gasteiger charge is 2.26. The van der Waals surface area contributed by atoms with Crippen LogP contribution in [0.2, 0.25) is 5.02 Å². The van der Waals surface area contributed by atoms with Gasteiger partial charge in [0.15, 0.2) is 0 Å². The highest BCUT2D eigenvalue weighted by atomic mass is 35.5. The molecule has 0 aliphatic carbocycles. The molecule has 1 saturated heterocycles. The summed E-state index contributed by atoms with van der Waals surface area (Å²) < 4.78 is 30.3. The molecule has 2 rings (SSSR count). The fourth-order valence-corrected chi connectivity index (χ4v) is 3.42. The van der Waals surface area contributed by atoms with Gasteiger partial charge in [-0.1, -0.05) is 11.6 Å². The van der Waals surface area contributed by atoms with E-state index >= 15 is 0 Å². The van der Waals surface area contributed by atoms with Crippen molar-refractivity contribution >= 4 is 27.3 Å². The molecule has 0 radical (unpaired) electrons. The molecule has 2 N–H and O–H groups in total. The van der Waals surface area contributed by atoms with E-state index in [0.29, 0.717) is 36.2 Å². The fraction of sp³-hybridized carbons (Fsp3) is 0.538. The van der Waals surface area contributed by atoms with Gasteiger partial charge in [-0.05, 0) is 25.0 Å².